The average Bonchev–Trinajstić information content (AvgIpc) is 2.49. The number of aromatic nitrogens is 1. The molecule has 0 bridgehead atoms. The first-order chi connectivity index (χ1) is 10.2. The Hall–Kier alpha value is -2.27. The summed E-state index contributed by atoms with van der Waals surface area (Å²) >= 11 is 0. The lowest BCUT2D eigenvalue weighted by Gasteiger charge is -2.13. The van der Waals surface area contributed by atoms with Gasteiger partial charge in [-0.1, -0.05) is 0 Å². The zero-order valence-electron chi connectivity index (χ0n) is 12.8. The van der Waals surface area contributed by atoms with E-state index in [-0.39, 0.29) is 0 Å². The molecular weight excluding hydrogens is 268 g/mol. The number of hydrogen-bond donors (Lipinski definition) is 1. The SMILES string of the molecule is CNCc1cnc(C)cc1Oc1cc(OC)cc(OC)c1. The number of pyridine rings is 1. The van der Waals surface area contributed by atoms with Gasteiger partial charge in [0.25, 0.3) is 0 Å². The molecule has 0 saturated heterocycles. The second-order valence-electron chi connectivity index (χ2n) is 4.61. The summed E-state index contributed by atoms with van der Waals surface area (Å²) in [5, 5.41) is 3.11. The normalized spacial score (nSPS) is 10.3. The molecule has 0 radical (unpaired) electrons. The Balaban J connectivity index is 2.34. The highest BCUT2D eigenvalue weighted by Crippen LogP contribution is 2.32. The smallest absolute Gasteiger partial charge is 0.135 e. The minimum atomic E-state index is 0.661. The largest absolute Gasteiger partial charge is 0.496 e. The number of nitrogens with one attached hydrogen (secondary N) is 1. The van der Waals surface area contributed by atoms with Crippen LogP contribution in [0.1, 0.15) is 11.3 Å². The summed E-state index contributed by atoms with van der Waals surface area (Å²) in [6.45, 7) is 2.62. The van der Waals surface area contributed by atoms with E-state index in [1.807, 2.05) is 38.4 Å². The van der Waals surface area contributed by atoms with Crippen molar-refractivity contribution in [3.63, 3.8) is 0 Å². The molecule has 0 saturated carbocycles. The van der Waals surface area contributed by atoms with E-state index in [2.05, 4.69) is 10.3 Å². The molecule has 5 heteroatoms. The van der Waals surface area contributed by atoms with Gasteiger partial charge in [0.2, 0.25) is 0 Å². The van der Waals surface area contributed by atoms with Crippen molar-refractivity contribution in [1.82, 2.24) is 10.3 Å². The maximum absolute atomic E-state index is 5.99. The molecule has 112 valence electrons. The van der Waals surface area contributed by atoms with Crippen LogP contribution in [0.3, 0.4) is 0 Å². The van der Waals surface area contributed by atoms with Crippen molar-refractivity contribution in [3.05, 3.63) is 41.7 Å². The summed E-state index contributed by atoms with van der Waals surface area (Å²) in [5.74, 6) is 2.80. The Bertz CT molecular complexity index is 592. The van der Waals surface area contributed by atoms with Gasteiger partial charge in [0.15, 0.2) is 0 Å². The van der Waals surface area contributed by atoms with E-state index < -0.39 is 0 Å². The van der Waals surface area contributed by atoms with Crippen LogP contribution >= 0.6 is 0 Å². The summed E-state index contributed by atoms with van der Waals surface area (Å²) < 4.78 is 16.5. The predicted molar refractivity (Wildman–Crippen MR) is 81.4 cm³/mol. The third-order valence-electron chi connectivity index (χ3n) is 3.00. The zero-order chi connectivity index (χ0) is 15.2. The molecule has 21 heavy (non-hydrogen) atoms. The summed E-state index contributed by atoms with van der Waals surface area (Å²) in [6, 6.07) is 7.36. The van der Waals surface area contributed by atoms with Crippen molar-refractivity contribution < 1.29 is 14.2 Å². The molecule has 0 unspecified atom stereocenters. The highest BCUT2D eigenvalue weighted by Gasteiger charge is 2.08. The molecule has 0 aliphatic rings. The summed E-state index contributed by atoms with van der Waals surface area (Å²) in [4.78, 5) is 4.30. The summed E-state index contributed by atoms with van der Waals surface area (Å²) in [5.41, 5.74) is 1.89. The van der Waals surface area contributed by atoms with Crippen molar-refractivity contribution >= 4 is 0 Å². The summed E-state index contributed by atoms with van der Waals surface area (Å²) in [6.07, 6.45) is 1.82. The van der Waals surface area contributed by atoms with E-state index >= 15 is 0 Å². The summed E-state index contributed by atoms with van der Waals surface area (Å²) in [7, 11) is 5.11. The molecule has 0 spiro atoms. The van der Waals surface area contributed by atoms with Crippen molar-refractivity contribution in [1.29, 1.82) is 0 Å². The van der Waals surface area contributed by atoms with Crippen molar-refractivity contribution in [3.8, 4) is 23.0 Å². The number of aryl methyl sites for hydroxylation is 1. The standard InChI is InChI=1S/C16H20N2O3/c1-11-5-16(12(9-17-2)10-18-11)21-15-7-13(19-3)6-14(8-15)20-4/h5-8,10,17H,9H2,1-4H3. The van der Waals surface area contributed by atoms with Crippen molar-refractivity contribution in [2.24, 2.45) is 0 Å². The molecule has 1 N–H and O–H groups in total. The second kappa shape index (κ2) is 6.95. The Kier molecular flexibility index (Phi) is 5.00. The lowest BCUT2D eigenvalue weighted by Crippen LogP contribution is -2.07. The van der Waals surface area contributed by atoms with E-state index in [0.717, 1.165) is 17.0 Å². The maximum Gasteiger partial charge on any atom is 0.135 e. The van der Waals surface area contributed by atoms with Gasteiger partial charge < -0.3 is 19.5 Å². The minimum Gasteiger partial charge on any atom is -0.496 e. The topological polar surface area (TPSA) is 52.6 Å². The first-order valence-electron chi connectivity index (χ1n) is 6.67. The fraction of sp³-hybridized carbons (Fsp3) is 0.312. The average molecular weight is 288 g/mol. The molecule has 2 rings (SSSR count). The molecule has 0 amide bonds. The zero-order valence-corrected chi connectivity index (χ0v) is 12.8. The monoisotopic (exact) mass is 288 g/mol. The van der Waals surface area contributed by atoms with E-state index in [1.165, 1.54) is 0 Å². The highest BCUT2D eigenvalue weighted by molar-refractivity contribution is 5.45. The highest BCUT2D eigenvalue weighted by atomic mass is 16.5. The quantitative estimate of drug-likeness (QED) is 0.885. The van der Waals surface area contributed by atoms with Crippen molar-refractivity contribution in [2.75, 3.05) is 21.3 Å². The Morgan fingerprint density at radius 3 is 2.19 bits per heavy atom. The van der Waals surface area contributed by atoms with Crippen LogP contribution < -0.4 is 19.5 Å². The van der Waals surface area contributed by atoms with Crippen LogP contribution in [0.5, 0.6) is 23.0 Å². The lowest BCUT2D eigenvalue weighted by molar-refractivity contribution is 0.386. The van der Waals surface area contributed by atoms with E-state index in [4.69, 9.17) is 14.2 Å². The third-order valence-corrected chi connectivity index (χ3v) is 3.00. The first-order valence-corrected chi connectivity index (χ1v) is 6.67. The van der Waals surface area contributed by atoms with Crippen LogP contribution in [0.4, 0.5) is 0 Å². The van der Waals surface area contributed by atoms with Gasteiger partial charge in [-0.15, -0.1) is 0 Å². The maximum atomic E-state index is 5.99. The molecule has 0 aliphatic carbocycles. The van der Waals surface area contributed by atoms with E-state index in [9.17, 15) is 0 Å². The van der Waals surface area contributed by atoms with Crippen LogP contribution in [0.2, 0.25) is 0 Å². The Morgan fingerprint density at radius 2 is 1.62 bits per heavy atom. The fourth-order valence-electron chi connectivity index (χ4n) is 1.95. The van der Waals surface area contributed by atoms with Crippen LogP contribution in [0.25, 0.3) is 0 Å². The van der Waals surface area contributed by atoms with Gasteiger partial charge in [-0.3, -0.25) is 4.98 Å². The molecule has 0 fully saturated rings. The van der Waals surface area contributed by atoms with Gasteiger partial charge in [0, 0.05) is 48.3 Å². The third kappa shape index (κ3) is 3.86. The number of benzene rings is 1. The van der Waals surface area contributed by atoms with E-state index in [1.54, 1.807) is 20.3 Å². The molecule has 0 atom stereocenters. The first kappa shape index (κ1) is 15.1. The Morgan fingerprint density at radius 1 is 1.00 bits per heavy atom. The van der Waals surface area contributed by atoms with Crippen LogP contribution in [0, 0.1) is 6.92 Å². The molecule has 1 aromatic heterocycles. The van der Waals surface area contributed by atoms with Gasteiger partial charge in [0.1, 0.15) is 23.0 Å². The van der Waals surface area contributed by atoms with Crippen LogP contribution in [0.15, 0.2) is 30.5 Å². The predicted octanol–water partition coefficient (Wildman–Crippen LogP) is 2.92. The van der Waals surface area contributed by atoms with Crippen LogP contribution in [-0.2, 0) is 6.54 Å². The number of methoxy groups -OCH3 is 2. The Labute approximate surface area is 124 Å². The number of ether oxygens (including phenoxy) is 3. The van der Waals surface area contributed by atoms with Gasteiger partial charge in [-0.2, -0.15) is 0 Å². The minimum absolute atomic E-state index is 0.661. The fourth-order valence-corrected chi connectivity index (χ4v) is 1.95. The van der Waals surface area contributed by atoms with Gasteiger partial charge >= 0.3 is 0 Å². The van der Waals surface area contributed by atoms with Crippen molar-refractivity contribution in [2.45, 2.75) is 13.5 Å². The molecular formula is C16H20N2O3. The number of hydrogen-bond acceptors (Lipinski definition) is 5. The molecule has 5 nitrogen and oxygen atoms in total. The van der Waals surface area contributed by atoms with Gasteiger partial charge in [-0.05, 0) is 14.0 Å². The molecule has 2 aromatic rings. The molecule has 0 aliphatic heterocycles. The van der Waals surface area contributed by atoms with Gasteiger partial charge in [0.05, 0.1) is 14.2 Å². The second-order valence-corrected chi connectivity index (χ2v) is 4.61. The number of nitrogens with zero attached hydrogens (tertiary/aromatic N) is 1. The van der Waals surface area contributed by atoms with Gasteiger partial charge in [-0.25, -0.2) is 0 Å². The molecule has 1 aromatic carbocycles. The lowest BCUT2D eigenvalue weighted by atomic mass is 10.2. The van der Waals surface area contributed by atoms with E-state index in [0.29, 0.717) is 23.8 Å². The van der Waals surface area contributed by atoms with Crippen LogP contribution in [-0.4, -0.2) is 26.3 Å². The molecule has 1 heterocycles. The number of rotatable bonds is 6.